The van der Waals surface area contributed by atoms with Crippen LogP contribution >= 0.6 is 0 Å². The SMILES string of the molecule is CC1(C)c2ccccc2-c2ccc(N(c3ccc(-c4ccc(-c5ccccc5)cc4)cc3)c3ccc4c(c3)C3(c5ccccc5-4)c4ccccc4C(C)(C)c4ccccc43)cc21. The zero-order valence-electron chi connectivity index (χ0n) is 35.7. The summed E-state index contributed by atoms with van der Waals surface area (Å²) in [5, 5.41) is 0. The second-order valence-electron chi connectivity index (χ2n) is 18.5. The van der Waals surface area contributed by atoms with Crippen molar-refractivity contribution >= 4 is 17.1 Å². The molecule has 0 atom stereocenters. The summed E-state index contributed by atoms with van der Waals surface area (Å²) < 4.78 is 0. The molecule has 0 unspecified atom stereocenters. The van der Waals surface area contributed by atoms with Gasteiger partial charge in [-0.15, -0.1) is 0 Å². The fraction of sp³-hybridized carbons (Fsp3) is 0.115. The number of benzene rings is 9. The Bertz CT molecular complexity index is 3170. The Hall–Kier alpha value is -7.22. The van der Waals surface area contributed by atoms with Gasteiger partial charge in [-0.25, -0.2) is 0 Å². The van der Waals surface area contributed by atoms with Crippen molar-refractivity contribution in [3.05, 3.63) is 257 Å². The van der Waals surface area contributed by atoms with Gasteiger partial charge in [0.05, 0.1) is 5.41 Å². The zero-order chi connectivity index (χ0) is 41.8. The first kappa shape index (κ1) is 36.6. The molecule has 0 saturated carbocycles. The van der Waals surface area contributed by atoms with Crippen molar-refractivity contribution < 1.29 is 0 Å². The summed E-state index contributed by atoms with van der Waals surface area (Å²) in [5.41, 5.74) is 23.7. The number of hydrogen-bond acceptors (Lipinski definition) is 1. The van der Waals surface area contributed by atoms with E-state index in [-0.39, 0.29) is 10.8 Å². The summed E-state index contributed by atoms with van der Waals surface area (Å²) >= 11 is 0. The minimum Gasteiger partial charge on any atom is -0.310 e. The molecule has 12 rings (SSSR count). The second-order valence-corrected chi connectivity index (χ2v) is 18.5. The monoisotopic (exact) mass is 793 g/mol. The molecule has 3 aliphatic carbocycles. The molecular weight excluding hydrogens is 747 g/mol. The van der Waals surface area contributed by atoms with Crippen molar-refractivity contribution in [2.45, 2.75) is 43.9 Å². The lowest BCUT2D eigenvalue weighted by atomic mass is 9.55. The number of anilines is 3. The van der Waals surface area contributed by atoms with E-state index in [1.165, 1.54) is 89.0 Å². The Balaban J connectivity index is 1.06. The van der Waals surface area contributed by atoms with Gasteiger partial charge in [0.25, 0.3) is 0 Å². The molecule has 0 heterocycles. The molecule has 0 bridgehead atoms. The Morgan fingerprint density at radius 1 is 0.258 bits per heavy atom. The highest BCUT2D eigenvalue weighted by molar-refractivity contribution is 5.92. The highest BCUT2D eigenvalue weighted by atomic mass is 15.1. The first-order valence-corrected chi connectivity index (χ1v) is 22.0. The highest BCUT2D eigenvalue weighted by Crippen LogP contribution is 2.63. The average Bonchev–Trinajstić information content (AvgIpc) is 3.74. The van der Waals surface area contributed by atoms with Gasteiger partial charge >= 0.3 is 0 Å². The van der Waals surface area contributed by atoms with Crippen LogP contribution in [0.1, 0.15) is 72.2 Å². The third kappa shape index (κ3) is 5.09. The maximum Gasteiger partial charge on any atom is 0.0720 e. The first-order chi connectivity index (χ1) is 30.3. The van der Waals surface area contributed by atoms with Gasteiger partial charge in [0, 0.05) is 27.9 Å². The molecule has 1 heteroatoms. The minimum absolute atomic E-state index is 0.130. The Morgan fingerprint density at radius 3 is 1.18 bits per heavy atom. The molecule has 0 N–H and O–H groups in total. The van der Waals surface area contributed by atoms with Crippen molar-refractivity contribution in [3.63, 3.8) is 0 Å². The molecular formula is C61H47N. The van der Waals surface area contributed by atoms with E-state index in [9.17, 15) is 0 Å². The van der Waals surface area contributed by atoms with Crippen LogP contribution in [0.4, 0.5) is 17.1 Å². The van der Waals surface area contributed by atoms with Crippen LogP contribution in [0.15, 0.2) is 212 Å². The lowest BCUT2D eigenvalue weighted by Crippen LogP contribution is -2.40. The predicted molar refractivity (Wildman–Crippen MR) is 259 cm³/mol. The molecule has 0 radical (unpaired) electrons. The average molecular weight is 794 g/mol. The Morgan fingerprint density at radius 2 is 0.613 bits per heavy atom. The molecule has 0 aliphatic heterocycles. The molecule has 0 saturated heterocycles. The molecule has 0 aromatic heterocycles. The van der Waals surface area contributed by atoms with Crippen molar-refractivity contribution in [2.24, 2.45) is 0 Å². The molecule has 0 fully saturated rings. The maximum atomic E-state index is 2.52. The Labute approximate surface area is 365 Å². The van der Waals surface area contributed by atoms with Crippen LogP contribution in [0.3, 0.4) is 0 Å². The zero-order valence-corrected chi connectivity index (χ0v) is 35.7. The number of fused-ring (bicyclic) bond motifs is 12. The van der Waals surface area contributed by atoms with Crippen LogP contribution in [-0.4, -0.2) is 0 Å². The third-order valence-electron chi connectivity index (χ3n) is 14.6. The highest BCUT2D eigenvalue weighted by Gasteiger charge is 2.53. The van der Waals surface area contributed by atoms with Gasteiger partial charge in [0.1, 0.15) is 0 Å². The minimum atomic E-state index is -0.479. The normalized spacial score (nSPS) is 15.2. The van der Waals surface area contributed by atoms with Crippen LogP contribution < -0.4 is 4.90 Å². The molecule has 3 aliphatic rings. The number of nitrogens with zero attached hydrogens (tertiary/aromatic N) is 1. The van der Waals surface area contributed by atoms with Gasteiger partial charge in [0.15, 0.2) is 0 Å². The lowest BCUT2D eigenvalue weighted by Gasteiger charge is -2.46. The maximum absolute atomic E-state index is 2.52. The fourth-order valence-corrected chi connectivity index (χ4v) is 11.6. The van der Waals surface area contributed by atoms with Crippen LogP contribution in [0.25, 0.3) is 44.5 Å². The Kier molecular flexibility index (Phi) is 7.91. The van der Waals surface area contributed by atoms with Crippen molar-refractivity contribution in [3.8, 4) is 44.5 Å². The first-order valence-electron chi connectivity index (χ1n) is 22.0. The van der Waals surface area contributed by atoms with Crippen molar-refractivity contribution in [1.82, 2.24) is 0 Å². The van der Waals surface area contributed by atoms with Crippen LogP contribution in [0.2, 0.25) is 0 Å². The standard InChI is InChI=1S/C61H47N/c1-59(2)51-20-10-8-18-47(51)49-36-34-45(38-57(49)59)62(44-32-30-43(31-33-44)42-28-26-41(27-29-42)40-16-6-5-7-17-40)46-35-37-50-48-19-9-11-21-52(48)61(58(50)39-46)55-24-14-12-22-53(55)60(3,4)54-23-13-15-25-56(54)61/h5-39H,1-4H3. The van der Waals surface area contributed by atoms with E-state index in [1.54, 1.807) is 0 Å². The summed E-state index contributed by atoms with van der Waals surface area (Å²) in [6.07, 6.45) is 0. The van der Waals surface area contributed by atoms with E-state index < -0.39 is 5.41 Å². The molecule has 9 aromatic carbocycles. The van der Waals surface area contributed by atoms with Crippen LogP contribution in [0, 0.1) is 0 Å². The van der Waals surface area contributed by atoms with Gasteiger partial charge in [-0.3, -0.25) is 0 Å². The van der Waals surface area contributed by atoms with Gasteiger partial charge in [-0.2, -0.15) is 0 Å². The van der Waals surface area contributed by atoms with Crippen molar-refractivity contribution in [2.75, 3.05) is 4.90 Å². The van der Waals surface area contributed by atoms with Gasteiger partial charge in [-0.1, -0.05) is 204 Å². The summed E-state index contributed by atoms with van der Waals surface area (Å²) in [6, 6.07) is 79.7. The summed E-state index contributed by atoms with van der Waals surface area (Å²) in [4.78, 5) is 2.49. The second kappa shape index (κ2) is 13.4. The van der Waals surface area contributed by atoms with E-state index >= 15 is 0 Å². The summed E-state index contributed by atoms with van der Waals surface area (Å²) in [5.74, 6) is 0. The topological polar surface area (TPSA) is 3.24 Å². The van der Waals surface area contributed by atoms with E-state index in [1.807, 2.05) is 0 Å². The van der Waals surface area contributed by atoms with Crippen LogP contribution in [-0.2, 0) is 16.2 Å². The van der Waals surface area contributed by atoms with Gasteiger partial charge < -0.3 is 4.90 Å². The molecule has 1 nitrogen and oxygen atoms in total. The predicted octanol–water partition coefficient (Wildman–Crippen LogP) is 15.8. The summed E-state index contributed by atoms with van der Waals surface area (Å²) in [7, 11) is 0. The third-order valence-corrected chi connectivity index (χ3v) is 14.6. The number of hydrogen-bond donors (Lipinski definition) is 0. The smallest absolute Gasteiger partial charge is 0.0720 e. The molecule has 296 valence electrons. The van der Waals surface area contributed by atoms with E-state index in [4.69, 9.17) is 0 Å². The lowest BCUT2D eigenvalue weighted by molar-refractivity contribution is 0.563. The van der Waals surface area contributed by atoms with E-state index in [0.717, 1.165) is 17.1 Å². The van der Waals surface area contributed by atoms with Crippen LogP contribution in [0.5, 0.6) is 0 Å². The van der Waals surface area contributed by atoms with E-state index in [2.05, 4.69) is 245 Å². The van der Waals surface area contributed by atoms with Gasteiger partial charge in [-0.05, 0) is 125 Å². The quantitative estimate of drug-likeness (QED) is 0.168. The largest absolute Gasteiger partial charge is 0.310 e. The summed E-state index contributed by atoms with van der Waals surface area (Å²) in [6.45, 7) is 9.54. The molecule has 9 aromatic rings. The number of rotatable bonds is 5. The molecule has 0 amide bonds. The van der Waals surface area contributed by atoms with Gasteiger partial charge in [0.2, 0.25) is 0 Å². The van der Waals surface area contributed by atoms with Crippen molar-refractivity contribution in [1.29, 1.82) is 0 Å². The molecule has 62 heavy (non-hydrogen) atoms. The molecule has 1 spiro atoms. The fourth-order valence-electron chi connectivity index (χ4n) is 11.6. The van der Waals surface area contributed by atoms with E-state index in [0.29, 0.717) is 0 Å².